The van der Waals surface area contributed by atoms with Gasteiger partial charge in [-0.05, 0) is 48.2 Å². The van der Waals surface area contributed by atoms with E-state index in [1.165, 1.54) is 23.5 Å². The van der Waals surface area contributed by atoms with Crippen LogP contribution in [-0.2, 0) is 18.9 Å². The molecule has 9 nitrogen and oxygen atoms in total. The molecule has 2 saturated heterocycles. The van der Waals surface area contributed by atoms with Crippen molar-refractivity contribution in [2.24, 2.45) is 0 Å². The fourth-order valence-electron chi connectivity index (χ4n) is 5.29. The molecule has 43 heavy (non-hydrogen) atoms. The van der Waals surface area contributed by atoms with Crippen LogP contribution in [0.5, 0.6) is 0 Å². The molecule has 230 valence electrons. The first-order valence-corrected chi connectivity index (χ1v) is 13.9. The van der Waals surface area contributed by atoms with Gasteiger partial charge in [-0.1, -0.05) is 18.5 Å². The predicted molar refractivity (Wildman–Crippen MR) is 147 cm³/mol. The van der Waals surface area contributed by atoms with E-state index in [9.17, 15) is 31.1 Å². The second-order valence-corrected chi connectivity index (χ2v) is 10.8. The largest absolute Gasteiger partial charge is 0.416 e. The summed E-state index contributed by atoms with van der Waals surface area (Å²) in [4.78, 5) is 33.8. The maximum absolute atomic E-state index is 13.6. The summed E-state index contributed by atoms with van der Waals surface area (Å²) in [6.07, 6.45) is -4.84. The maximum atomic E-state index is 13.6. The number of hydrogen-bond donors (Lipinski definition) is 1. The number of benzene rings is 1. The SMILES string of the molecule is CC[C@@H]1CC(N(Cc2cc(C(F)(F)F)cc(C(F)(F)F)c2)c2ncc(N3CCNC3=O)cn2)CN1c1nc(Cl)ncc1Cl. The third-order valence-corrected chi connectivity index (χ3v) is 7.77. The Morgan fingerprint density at radius 1 is 1.00 bits per heavy atom. The van der Waals surface area contributed by atoms with E-state index in [0.717, 1.165) is 0 Å². The molecule has 1 aromatic carbocycles. The van der Waals surface area contributed by atoms with E-state index in [0.29, 0.717) is 49.6 Å². The lowest BCUT2D eigenvalue weighted by Gasteiger charge is -2.30. The Hall–Kier alpha value is -3.59. The number of nitrogens with one attached hydrogen (secondary N) is 1. The molecule has 0 radical (unpaired) electrons. The zero-order valence-electron chi connectivity index (χ0n) is 22.4. The molecule has 0 spiro atoms. The van der Waals surface area contributed by atoms with Gasteiger partial charge in [-0.25, -0.2) is 19.7 Å². The highest BCUT2D eigenvalue weighted by Crippen LogP contribution is 2.38. The molecular formula is C26H24Cl2F6N8O. The zero-order chi connectivity index (χ0) is 31.1. The van der Waals surface area contributed by atoms with Crippen molar-refractivity contribution in [2.75, 3.05) is 34.3 Å². The standard InChI is InChI=1S/C26H24Cl2F6N8O/c1-2-17-8-18(13-41(17)21-20(27)11-36-22(28)39-21)42(23-37-9-19(10-38-23)40-4-3-35-24(40)43)12-14-5-15(25(29,30)31)7-16(6-14)26(32,33)34/h5-7,9-11,17-18H,2-4,8,12-13H2,1H3,(H,35,43)/t17-,18?/m1/s1. The van der Waals surface area contributed by atoms with E-state index in [1.807, 2.05) is 11.8 Å². The first-order valence-electron chi connectivity index (χ1n) is 13.1. The van der Waals surface area contributed by atoms with Gasteiger partial charge in [0.2, 0.25) is 11.2 Å². The number of halogens is 8. The molecule has 2 aromatic heterocycles. The second kappa shape index (κ2) is 11.8. The molecule has 2 aliphatic rings. The number of aromatic nitrogens is 4. The van der Waals surface area contributed by atoms with Crippen molar-refractivity contribution in [3.05, 3.63) is 63.8 Å². The van der Waals surface area contributed by atoms with E-state index >= 15 is 0 Å². The summed E-state index contributed by atoms with van der Waals surface area (Å²) >= 11 is 12.4. The minimum atomic E-state index is -5.00. The van der Waals surface area contributed by atoms with Crippen molar-refractivity contribution in [2.45, 2.75) is 50.7 Å². The van der Waals surface area contributed by atoms with Crippen LogP contribution in [0.2, 0.25) is 10.3 Å². The van der Waals surface area contributed by atoms with Crippen LogP contribution in [0.15, 0.2) is 36.8 Å². The molecule has 1 N–H and O–H groups in total. The molecule has 4 heterocycles. The lowest BCUT2D eigenvalue weighted by Crippen LogP contribution is -2.39. The average molecular weight is 649 g/mol. The van der Waals surface area contributed by atoms with Crippen LogP contribution in [-0.4, -0.2) is 57.7 Å². The molecule has 5 rings (SSSR count). The number of carbonyl (C=O) groups is 1. The van der Waals surface area contributed by atoms with Crippen LogP contribution in [0.4, 0.5) is 48.6 Å². The van der Waals surface area contributed by atoms with E-state index < -0.39 is 29.5 Å². The summed E-state index contributed by atoms with van der Waals surface area (Å²) in [7, 11) is 0. The van der Waals surface area contributed by atoms with Crippen LogP contribution in [0.3, 0.4) is 0 Å². The summed E-state index contributed by atoms with van der Waals surface area (Å²) < 4.78 is 81.9. The highest BCUT2D eigenvalue weighted by molar-refractivity contribution is 6.33. The lowest BCUT2D eigenvalue weighted by molar-refractivity contribution is -0.143. The quantitative estimate of drug-likeness (QED) is 0.241. The molecule has 2 atom stereocenters. The van der Waals surface area contributed by atoms with Gasteiger partial charge in [0.15, 0.2) is 5.82 Å². The van der Waals surface area contributed by atoms with Gasteiger partial charge in [-0.2, -0.15) is 31.3 Å². The van der Waals surface area contributed by atoms with Gasteiger partial charge in [0.1, 0.15) is 5.02 Å². The van der Waals surface area contributed by atoms with Gasteiger partial charge in [0.05, 0.1) is 41.4 Å². The predicted octanol–water partition coefficient (Wildman–Crippen LogP) is 6.20. The highest BCUT2D eigenvalue weighted by atomic mass is 35.5. The molecular weight excluding hydrogens is 625 g/mol. The van der Waals surface area contributed by atoms with Gasteiger partial charge < -0.3 is 15.1 Å². The Balaban J connectivity index is 1.55. The van der Waals surface area contributed by atoms with Crippen LogP contribution in [0.1, 0.15) is 36.5 Å². The van der Waals surface area contributed by atoms with Gasteiger partial charge in [0, 0.05) is 32.2 Å². The first kappa shape index (κ1) is 30.9. The van der Waals surface area contributed by atoms with Crippen LogP contribution in [0.25, 0.3) is 0 Å². The summed E-state index contributed by atoms with van der Waals surface area (Å²) in [5.74, 6) is 0.411. The maximum Gasteiger partial charge on any atom is 0.416 e. The lowest BCUT2D eigenvalue weighted by atomic mass is 10.0. The Morgan fingerprint density at radius 3 is 2.21 bits per heavy atom. The second-order valence-electron chi connectivity index (χ2n) is 10.1. The van der Waals surface area contributed by atoms with E-state index in [2.05, 4.69) is 25.3 Å². The van der Waals surface area contributed by atoms with Crippen LogP contribution in [0, 0.1) is 0 Å². The highest BCUT2D eigenvalue weighted by Gasteiger charge is 2.40. The van der Waals surface area contributed by atoms with Gasteiger partial charge >= 0.3 is 18.4 Å². The molecule has 2 fully saturated rings. The van der Waals surface area contributed by atoms with Crippen molar-refractivity contribution in [1.29, 1.82) is 0 Å². The molecule has 17 heteroatoms. The third-order valence-electron chi connectivity index (χ3n) is 7.32. The molecule has 0 saturated carbocycles. The smallest absolute Gasteiger partial charge is 0.350 e. The van der Waals surface area contributed by atoms with Gasteiger partial charge in [-0.15, -0.1) is 0 Å². The number of carbonyl (C=O) groups excluding carboxylic acids is 1. The molecule has 1 unspecified atom stereocenters. The first-order chi connectivity index (χ1) is 20.2. The topological polar surface area (TPSA) is 90.4 Å². The van der Waals surface area contributed by atoms with Crippen molar-refractivity contribution >= 4 is 46.7 Å². The van der Waals surface area contributed by atoms with Gasteiger partial charge in [-0.3, -0.25) is 4.90 Å². The van der Waals surface area contributed by atoms with E-state index in [-0.39, 0.29) is 53.0 Å². The fourth-order valence-corrected chi connectivity index (χ4v) is 5.62. The fraction of sp³-hybridized carbons (Fsp3) is 0.423. The Labute approximate surface area is 251 Å². The van der Waals surface area contributed by atoms with Crippen molar-refractivity contribution in [3.63, 3.8) is 0 Å². The summed E-state index contributed by atoms with van der Waals surface area (Å²) in [6.45, 7) is 2.60. The normalized spacial score (nSPS) is 19.2. The Kier molecular flexibility index (Phi) is 8.49. The molecule has 3 aromatic rings. The van der Waals surface area contributed by atoms with Gasteiger partial charge in [0.25, 0.3) is 0 Å². The number of nitrogens with zero attached hydrogens (tertiary/aromatic N) is 7. The van der Waals surface area contributed by atoms with Crippen molar-refractivity contribution in [3.8, 4) is 0 Å². The number of rotatable bonds is 7. The van der Waals surface area contributed by atoms with Crippen LogP contribution < -0.4 is 20.0 Å². The number of amides is 2. The number of alkyl halides is 6. The summed E-state index contributed by atoms with van der Waals surface area (Å²) in [5, 5.41) is 2.85. The number of hydrogen-bond acceptors (Lipinski definition) is 7. The Morgan fingerprint density at radius 2 is 1.65 bits per heavy atom. The summed E-state index contributed by atoms with van der Waals surface area (Å²) in [6, 6.07) is 0.489. The minimum Gasteiger partial charge on any atom is -0.350 e. The summed E-state index contributed by atoms with van der Waals surface area (Å²) in [5.41, 5.74) is -2.69. The molecule has 0 aliphatic carbocycles. The minimum absolute atomic E-state index is 0.0388. The average Bonchev–Trinajstić information content (AvgIpc) is 3.58. The molecule has 2 aliphatic heterocycles. The number of anilines is 3. The van der Waals surface area contributed by atoms with E-state index in [4.69, 9.17) is 23.2 Å². The Bertz CT molecular complexity index is 1460. The number of urea groups is 1. The van der Waals surface area contributed by atoms with Crippen molar-refractivity contribution < 1.29 is 31.1 Å². The monoisotopic (exact) mass is 648 g/mol. The van der Waals surface area contributed by atoms with E-state index in [1.54, 1.807) is 4.90 Å². The zero-order valence-corrected chi connectivity index (χ0v) is 23.9. The third kappa shape index (κ3) is 6.66. The van der Waals surface area contributed by atoms with Crippen LogP contribution >= 0.6 is 23.2 Å². The molecule has 0 bridgehead atoms. The van der Waals surface area contributed by atoms with Crippen molar-refractivity contribution in [1.82, 2.24) is 25.3 Å². The molecule has 2 amide bonds.